The van der Waals surface area contributed by atoms with Crippen LogP contribution in [-0.2, 0) is 6.54 Å². The predicted octanol–water partition coefficient (Wildman–Crippen LogP) is 2.76. The molecule has 1 heterocycles. The number of para-hydroxylation sites is 1. The van der Waals surface area contributed by atoms with Crippen molar-refractivity contribution < 1.29 is 0 Å². The zero-order valence-electron chi connectivity index (χ0n) is 10.7. The molecule has 4 heteroatoms. The molecular formula is C14H19N3S. The van der Waals surface area contributed by atoms with Crippen molar-refractivity contribution in [3.8, 4) is 0 Å². The molecule has 1 N–H and O–H groups in total. The summed E-state index contributed by atoms with van der Waals surface area (Å²) in [6.45, 7) is 2.96. The van der Waals surface area contributed by atoms with E-state index < -0.39 is 0 Å². The third-order valence-corrected chi connectivity index (χ3v) is 3.47. The lowest BCUT2D eigenvalue weighted by Crippen LogP contribution is -2.23. The highest BCUT2D eigenvalue weighted by molar-refractivity contribution is 7.07. The monoisotopic (exact) mass is 261 g/mol. The van der Waals surface area contributed by atoms with Crippen LogP contribution < -0.4 is 10.2 Å². The largest absolute Gasteiger partial charge is 0.375 e. The van der Waals surface area contributed by atoms with Crippen LogP contribution in [0.1, 0.15) is 12.1 Å². The Labute approximate surface area is 112 Å². The first-order valence-electron chi connectivity index (χ1n) is 6.20. The van der Waals surface area contributed by atoms with Gasteiger partial charge in [0.2, 0.25) is 0 Å². The zero-order chi connectivity index (χ0) is 12.6. The van der Waals surface area contributed by atoms with Crippen molar-refractivity contribution in [2.75, 3.05) is 25.0 Å². The van der Waals surface area contributed by atoms with E-state index >= 15 is 0 Å². The Balaban J connectivity index is 1.61. The molecule has 0 spiro atoms. The van der Waals surface area contributed by atoms with Gasteiger partial charge in [-0.25, -0.2) is 4.98 Å². The van der Waals surface area contributed by atoms with E-state index in [1.54, 1.807) is 11.3 Å². The maximum atomic E-state index is 4.24. The minimum Gasteiger partial charge on any atom is -0.375 e. The molecule has 1 aromatic carbocycles. The van der Waals surface area contributed by atoms with Crippen LogP contribution in [0.5, 0.6) is 0 Å². The highest BCUT2D eigenvalue weighted by Gasteiger charge is 1.99. The van der Waals surface area contributed by atoms with Crippen LogP contribution >= 0.6 is 11.3 Å². The van der Waals surface area contributed by atoms with E-state index in [4.69, 9.17) is 0 Å². The molecule has 0 atom stereocenters. The number of nitrogens with zero attached hydrogens (tertiary/aromatic N) is 2. The zero-order valence-corrected chi connectivity index (χ0v) is 11.5. The van der Waals surface area contributed by atoms with Crippen molar-refractivity contribution in [1.82, 2.24) is 10.3 Å². The van der Waals surface area contributed by atoms with Crippen molar-refractivity contribution in [2.24, 2.45) is 0 Å². The van der Waals surface area contributed by atoms with E-state index in [2.05, 4.69) is 51.9 Å². The fourth-order valence-corrected chi connectivity index (χ4v) is 2.35. The molecule has 2 aromatic rings. The summed E-state index contributed by atoms with van der Waals surface area (Å²) in [5.41, 5.74) is 4.29. The summed E-state index contributed by atoms with van der Waals surface area (Å²) in [6, 6.07) is 10.5. The Morgan fingerprint density at radius 3 is 2.83 bits per heavy atom. The number of hydrogen-bond acceptors (Lipinski definition) is 4. The first-order valence-corrected chi connectivity index (χ1v) is 7.14. The standard InChI is InChI=1S/C14H19N3S/c1-17(14-6-3-2-4-7-14)9-5-8-15-10-13-11-18-12-16-13/h2-4,6-7,11-12,15H,5,8-10H2,1H3. The van der Waals surface area contributed by atoms with E-state index in [0.717, 1.165) is 31.7 Å². The molecule has 0 amide bonds. The highest BCUT2D eigenvalue weighted by Crippen LogP contribution is 2.10. The number of hydrogen-bond donors (Lipinski definition) is 1. The Kier molecular flexibility index (Phi) is 5.17. The van der Waals surface area contributed by atoms with E-state index in [9.17, 15) is 0 Å². The predicted molar refractivity (Wildman–Crippen MR) is 78.1 cm³/mol. The molecule has 0 unspecified atom stereocenters. The Morgan fingerprint density at radius 2 is 2.11 bits per heavy atom. The third kappa shape index (κ3) is 4.13. The number of anilines is 1. The second kappa shape index (κ2) is 7.13. The summed E-state index contributed by atoms with van der Waals surface area (Å²) >= 11 is 1.65. The van der Waals surface area contributed by atoms with Gasteiger partial charge in [0.25, 0.3) is 0 Å². The van der Waals surface area contributed by atoms with Gasteiger partial charge >= 0.3 is 0 Å². The lowest BCUT2D eigenvalue weighted by atomic mass is 10.3. The minimum atomic E-state index is 0.874. The molecule has 0 aliphatic carbocycles. The molecule has 0 radical (unpaired) electrons. The number of aromatic nitrogens is 1. The Morgan fingerprint density at radius 1 is 1.28 bits per heavy atom. The molecule has 96 valence electrons. The number of benzene rings is 1. The van der Waals surface area contributed by atoms with Gasteiger partial charge in [0.15, 0.2) is 0 Å². The number of rotatable bonds is 7. The highest BCUT2D eigenvalue weighted by atomic mass is 32.1. The van der Waals surface area contributed by atoms with E-state index in [1.165, 1.54) is 5.69 Å². The van der Waals surface area contributed by atoms with Crippen LogP contribution in [0.25, 0.3) is 0 Å². The normalized spacial score (nSPS) is 10.5. The minimum absolute atomic E-state index is 0.874. The summed E-state index contributed by atoms with van der Waals surface area (Å²) in [6.07, 6.45) is 1.13. The average Bonchev–Trinajstić information content (AvgIpc) is 2.92. The molecule has 0 fully saturated rings. The van der Waals surface area contributed by atoms with Gasteiger partial charge in [0.05, 0.1) is 11.2 Å². The smallest absolute Gasteiger partial charge is 0.0795 e. The molecule has 0 aliphatic heterocycles. The first kappa shape index (κ1) is 13.1. The van der Waals surface area contributed by atoms with E-state index in [0.29, 0.717) is 0 Å². The van der Waals surface area contributed by atoms with Crippen LogP contribution in [0, 0.1) is 0 Å². The molecule has 0 aliphatic rings. The van der Waals surface area contributed by atoms with Gasteiger partial charge in [-0.3, -0.25) is 0 Å². The lowest BCUT2D eigenvalue weighted by Gasteiger charge is -2.19. The van der Waals surface area contributed by atoms with Crippen molar-refractivity contribution in [3.05, 3.63) is 46.9 Å². The van der Waals surface area contributed by atoms with Crippen molar-refractivity contribution in [3.63, 3.8) is 0 Å². The van der Waals surface area contributed by atoms with Gasteiger partial charge in [-0.2, -0.15) is 0 Å². The fraction of sp³-hybridized carbons (Fsp3) is 0.357. The Hall–Kier alpha value is -1.39. The Bertz CT molecular complexity index is 428. The maximum absolute atomic E-state index is 4.24. The fourth-order valence-electron chi connectivity index (χ4n) is 1.79. The van der Waals surface area contributed by atoms with Gasteiger partial charge in [-0.1, -0.05) is 18.2 Å². The van der Waals surface area contributed by atoms with Crippen LogP contribution in [0.4, 0.5) is 5.69 Å². The van der Waals surface area contributed by atoms with Gasteiger partial charge in [0.1, 0.15) is 0 Å². The van der Waals surface area contributed by atoms with Gasteiger partial charge < -0.3 is 10.2 Å². The molecular weight excluding hydrogens is 242 g/mol. The molecule has 0 bridgehead atoms. The first-order chi connectivity index (χ1) is 8.86. The lowest BCUT2D eigenvalue weighted by molar-refractivity contribution is 0.639. The van der Waals surface area contributed by atoms with Crippen LogP contribution in [-0.4, -0.2) is 25.1 Å². The second-order valence-electron chi connectivity index (χ2n) is 4.27. The molecule has 18 heavy (non-hydrogen) atoms. The summed E-state index contributed by atoms with van der Waals surface area (Å²) in [7, 11) is 2.13. The van der Waals surface area contributed by atoms with Gasteiger partial charge in [-0.15, -0.1) is 11.3 Å². The van der Waals surface area contributed by atoms with Crippen LogP contribution in [0.2, 0.25) is 0 Å². The quantitative estimate of drug-likeness (QED) is 0.777. The summed E-state index contributed by atoms with van der Waals surface area (Å²) in [4.78, 5) is 6.52. The molecule has 3 nitrogen and oxygen atoms in total. The van der Waals surface area contributed by atoms with Gasteiger partial charge in [-0.05, 0) is 25.1 Å². The van der Waals surface area contributed by atoms with Crippen molar-refractivity contribution >= 4 is 17.0 Å². The molecule has 0 saturated carbocycles. The topological polar surface area (TPSA) is 28.2 Å². The SMILES string of the molecule is CN(CCCNCc1cscn1)c1ccccc1. The average molecular weight is 261 g/mol. The second-order valence-corrected chi connectivity index (χ2v) is 4.99. The third-order valence-electron chi connectivity index (χ3n) is 2.83. The summed E-state index contributed by atoms with van der Waals surface area (Å²) < 4.78 is 0. The van der Waals surface area contributed by atoms with Gasteiger partial charge in [0, 0.05) is 31.2 Å². The van der Waals surface area contributed by atoms with E-state index in [1.807, 2.05) is 11.6 Å². The molecule has 2 rings (SSSR count). The maximum Gasteiger partial charge on any atom is 0.0795 e. The van der Waals surface area contributed by atoms with Crippen LogP contribution in [0.3, 0.4) is 0 Å². The summed E-state index contributed by atoms with van der Waals surface area (Å²) in [5, 5.41) is 5.50. The van der Waals surface area contributed by atoms with E-state index in [-0.39, 0.29) is 0 Å². The van der Waals surface area contributed by atoms with Crippen molar-refractivity contribution in [2.45, 2.75) is 13.0 Å². The number of thiazole rings is 1. The summed E-state index contributed by atoms with van der Waals surface area (Å²) in [5.74, 6) is 0. The van der Waals surface area contributed by atoms with Crippen LogP contribution in [0.15, 0.2) is 41.2 Å². The molecule has 0 saturated heterocycles. The number of nitrogens with one attached hydrogen (secondary N) is 1. The van der Waals surface area contributed by atoms with Crippen molar-refractivity contribution in [1.29, 1.82) is 0 Å². The molecule has 1 aromatic heterocycles.